The van der Waals surface area contributed by atoms with Gasteiger partial charge >= 0.3 is 18.4 Å². The van der Waals surface area contributed by atoms with Crippen LogP contribution in [0.5, 0.6) is 0 Å². The first-order valence-corrected chi connectivity index (χ1v) is 13.7. The zero-order valence-corrected chi connectivity index (χ0v) is 24.5. The normalized spacial score (nSPS) is 17.5. The third-order valence-corrected chi connectivity index (χ3v) is 7.17. The van der Waals surface area contributed by atoms with Crippen molar-refractivity contribution in [2.45, 2.75) is 45.0 Å². The van der Waals surface area contributed by atoms with E-state index in [1.54, 1.807) is 24.3 Å². The van der Waals surface area contributed by atoms with Crippen molar-refractivity contribution >= 4 is 29.4 Å². The minimum Gasteiger partial charge on any atom is -0.334 e. The van der Waals surface area contributed by atoms with Gasteiger partial charge < -0.3 is 24.9 Å². The quantitative estimate of drug-likeness (QED) is 0.467. The van der Waals surface area contributed by atoms with E-state index < -0.39 is 47.8 Å². The third kappa shape index (κ3) is 9.23. The van der Waals surface area contributed by atoms with Gasteiger partial charge in [-0.25, -0.2) is 4.79 Å². The Morgan fingerprint density at radius 3 is 2.02 bits per heavy atom. The zero-order valence-electron chi connectivity index (χ0n) is 23.7. The standard InChI is InChI=1S/C24H21ClF6N4O3.C4H11N/c25-18-3-1-14(2-4-18)11-33-12-19-34(6-5-20(36)35(19)13-21(33)37)22(38)32-10-15-7-16(23(26,27)28)9-17(8-15)24(29,30)31;1-4-5(2)3/h1-4,7-9,19H,5-6,10-13H2,(H,32,38);4H2,1-3H3. The van der Waals surface area contributed by atoms with E-state index in [4.69, 9.17) is 11.6 Å². The number of alkyl halides is 6. The molecule has 2 aromatic carbocycles. The molecule has 1 atom stereocenters. The number of carbonyl (C=O) groups excluding carboxylic acids is 3. The fourth-order valence-corrected chi connectivity index (χ4v) is 4.50. The molecule has 0 spiro atoms. The number of benzene rings is 2. The number of carbonyl (C=O) groups is 3. The summed E-state index contributed by atoms with van der Waals surface area (Å²) in [5, 5.41) is 2.86. The highest BCUT2D eigenvalue weighted by molar-refractivity contribution is 6.30. The number of nitrogens with zero attached hydrogens (tertiary/aromatic N) is 4. The van der Waals surface area contributed by atoms with Crippen LogP contribution in [0.15, 0.2) is 42.5 Å². The number of rotatable bonds is 5. The van der Waals surface area contributed by atoms with Crippen molar-refractivity contribution in [1.82, 2.24) is 24.9 Å². The average molecular weight is 636 g/mol. The monoisotopic (exact) mass is 635 g/mol. The van der Waals surface area contributed by atoms with Gasteiger partial charge in [0.25, 0.3) is 0 Å². The second-order valence-corrected chi connectivity index (χ2v) is 10.8. The van der Waals surface area contributed by atoms with E-state index in [0.717, 1.165) is 12.1 Å². The molecule has 236 valence electrons. The molecule has 0 radical (unpaired) electrons. The molecule has 0 aliphatic carbocycles. The van der Waals surface area contributed by atoms with Gasteiger partial charge in [-0.15, -0.1) is 0 Å². The molecule has 0 saturated carbocycles. The van der Waals surface area contributed by atoms with Crippen LogP contribution in [0.3, 0.4) is 0 Å². The zero-order chi connectivity index (χ0) is 32.1. The fourth-order valence-electron chi connectivity index (χ4n) is 4.38. The van der Waals surface area contributed by atoms with E-state index in [0.29, 0.717) is 17.2 Å². The molecule has 1 unspecified atom stereocenters. The van der Waals surface area contributed by atoms with Crippen molar-refractivity contribution in [1.29, 1.82) is 0 Å². The molecule has 1 N–H and O–H groups in total. The maximum atomic E-state index is 13.2. The van der Waals surface area contributed by atoms with Gasteiger partial charge in [-0.2, -0.15) is 26.3 Å². The van der Waals surface area contributed by atoms with E-state index in [2.05, 4.69) is 31.2 Å². The summed E-state index contributed by atoms with van der Waals surface area (Å²) in [5.41, 5.74) is -2.61. The lowest BCUT2D eigenvalue weighted by molar-refractivity contribution is -0.159. The van der Waals surface area contributed by atoms with Crippen molar-refractivity contribution in [2.24, 2.45) is 0 Å². The Kier molecular flexibility index (Phi) is 10.9. The van der Waals surface area contributed by atoms with E-state index >= 15 is 0 Å². The van der Waals surface area contributed by atoms with Crippen molar-refractivity contribution in [3.63, 3.8) is 0 Å². The summed E-state index contributed by atoms with van der Waals surface area (Å²) in [4.78, 5) is 44.2. The molecular formula is C28H32ClF6N5O3. The van der Waals surface area contributed by atoms with Gasteiger partial charge in [-0.05, 0) is 62.1 Å². The van der Waals surface area contributed by atoms with Gasteiger partial charge in [0.15, 0.2) is 0 Å². The van der Waals surface area contributed by atoms with Crippen LogP contribution in [0.4, 0.5) is 31.1 Å². The first kappa shape index (κ1) is 34.0. The van der Waals surface area contributed by atoms with Gasteiger partial charge in [0.05, 0.1) is 17.7 Å². The highest BCUT2D eigenvalue weighted by atomic mass is 35.5. The molecule has 0 bridgehead atoms. The van der Waals surface area contributed by atoms with Crippen molar-refractivity contribution < 1.29 is 40.7 Å². The Labute approximate surface area is 250 Å². The van der Waals surface area contributed by atoms with Crippen LogP contribution in [-0.4, -0.2) is 83.9 Å². The predicted octanol–water partition coefficient (Wildman–Crippen LogP) is 5.06. The smallest absolute Gasteiger partial charge is 0.334 e. The molecule has 2 aromatic rings. The number of halogens is 7. The average Bonchev–Trinajstić information content (AvgIpc) is 2.93. The number of amides is 4. The molecule has 8 nitrogen and oxygen atoms in total. The minimum atomic E-state index is -5.02. The summed E-state index contributed by atoms with van der Waals surface area (Å²) in [6, 6.07) is 7.04. The Bertz CT molecular complexity index is 1270. The molecule has 0 aromatic heterocycles. The van der Waals surface area contributed by atoms with Gasteiger partial charge in [-0.1, -0.05) is 30.7 Å². The number of hydrogen-bond acceptors (Lipinski definition) is 4. The van der Waals surface area contributed by atoms with Gasteiger partial charge in [-0.3, -0.25) is 9.59 Å². The predicted molar refractivity (Wildman–Crippen MR) is 147 cm³/mol. The lowest BCUT2D eigenvalue weighted by atomic mass is 10.0. The molecule has 2 aliphatic heterocycles. The molecule has 2 heterocycles. The molecule has 43 heavy (non-hydrogen) atoms. The molecule has 15 heteroatoms. The Balaban J connectivity index is 0.000000934. The molecular weight excluding hydrogens is 604 g/mol. The first-order chi connectivity index (χ1) is 20.0. The number of urea groups is 1. The maximum absolute atomic E-state index is 13.2. The summed E-state index contributed by atoms with van der Waals surface area (Å²) in [6.07, 6.45) is -11.0. The second-order valence-electron chi connectivity index (χ2n) is 10.3. The fraction of sp³-hybridized carbons (Fsp3) is 0.464. The van der Waals surface area contributed by atoms with Gasteiger partial charge in [0, 0.05) is 31.1 Å². The van der Waals surface area contributed by atoms with Crippen LogP contribution >= 0.6 is 11.6 Å². The van der Waals surface area contributed by atoms with Gasteiger partial charge in [0.1, 0.15) is 12.7 Å². The largest absolute Gasteiger partial charge is 0.416 e. The van der Waals surface area contributed by atoms with Crippen molar-refractivity contribution in [3.05, 3.63) is 69.7 Å². The number of hydrogen-bond donors (Lipinski definition) is 1. The molecule has 4 rings (SSSR count). The van der Waals surface area contributed by atoms with E-state index in [1.165, 1.54) is 14.7 Å². The Morgan fingerprint density at radius 1 is 0.953 bits per heavy atom. The van der Waals surface area contributed by atoms with Crippen molar-refractivity contribution in [3.8, 4) is 0 Å². The first-order valence-electron chi connectivity index (χ1n) is 13.3. The van der Waals surface area contributed by atoms with Gasteiger partial charge in [0.2, 0.25) is 11.8 Å². The minimum absolute atomic E-state index is 0.00769. The van der Waals surface area contributed by atoms with Crippen LogP contribution in [0.1, 0.15) is 35.6 Å². The Morgan fingerprint density at radius 2 is 1.51 bits per heavy atom. The Hall–Kier alpha value is -3.52. The van der Waals surface area contributed by atoms with E-state index in [-0.39, 0.29) is 50.5 Å². The molecule has 2 aliphatic rings. The number of piperazine rings is 1. The van der Waals surface area contributed by atoms with Crippen LogP contribution in [-0.2, 0) is 35.0 Å². The van der Waals surface area contributed by atoms with Crippen LogP contribution in [0.2, 0.25) is 5.02 Å². The topological polar surface area (TPSA) is 76.2 Å². The molecule has 2 saturated heterocycles. The molecule has 2 fully saturated rings. The number of nitrogens with one attached hydrogen (secondary N) is 1. The number of fused-ring (bicyclic) bond motifs is 1. The highest BCUT2D eigenvalue weighted by Crippen LogP contribution is 2.36. The van der Waals surface area contributed by atoms with Crippen LogP contribution in [0.25, 0.3) is 0 Å². The lowest BCUT2D eigenvalue weighted by Crippen LogP contribution is -2.68. The van der Waals surface area contributed by atoms with Crippen LogP contribution in [0, 0.1) is 0 Å². The summed E-state index contributed by atoms with van der Waals surface area (Å²) in [5.74, 6) is -0.679. The van der Waals surface area contributed by atoms with Crippen molar-refractivity contribution in [2.75, 3.05) is 40.3 Å². The molecule has 4 amide bonds. The van der Waals surface area contributed by atoms with Crippen LogP contribution < -0.4 is 5.32 Å². The second kappa shape index (κ2) is 13.8. The van der Waals surface area contributed by atoms with E-state index in [9.17, 15) is 40.7 Å². The third-order valence-electron chi connectivity index (χ3n) is 6.92. The lowest BCUT2D eigenvalue weighted by Gasteiger charge is -2.48. The highest BCUT2D eigenvalue weighted by Gasteiger charge is 2.43. The SMILES string of the molecule is CCN(C)C.O=C1CN2C(=O)CCN(C(=O)NCc3cc(C(F)(F)F)cc(C(F)(F)F)c3)C2CN1Cc1ccc(Cl)cc1. The summed E-state index contributed by atoms with van der Waals surface area (Å²) < 4.78 is 78.9. The summed E-state index contributed by atoms with van der Waals surface area (Å²) in [7, 11) is 4.11. The summed E-state index contributed by atoms with van der Waals surface area (Å²) in [6.45, 7) is 2.50. The van der Waals surface area contributed by atoms with E-state index in [1.807, 2.05) is 0 Å². The summed E-state index contributed by atoms with van der Waals surface area (Å²) >= 11 is 5.89. The maximum Gasteiger partial charge on any atom is 0.416 e.